The van der Waals surface area contributed by atoms with Crippen LogP contribution >= 0.6 is 0 Å². The van der Waals surface area contributed by atoms with Gasteiger partial charge in [-0.1, -0.05) is 0 Å². The Bertz CT molecular complexity index is 414. The predicted octanol–water partition coefficient (Wildman–Crippen LogP) is 1.15. The first-order chi connectivity index (χ1) is 8.17. The molecule has 1 aliphatic heterocycles. The molecule has 1 aliphatic rings. The van der Waals surface area contributed by atoms with Crippen LogP contribution in [-0.4, -0.2) is 38.8 Å². The van der Waals surface area contributed by atoms with Crippen LogP contribution in [0.4, 0.5) is 11.6 Å². The Labute approximate surface area is 104 Å². The molecule has 2 N–H and O–H groups in total. The molecule has 0 amide bonds. The summed E-state index contributed by atoms with van der Waals surface area (Å²) in [7, 11) is 1.23. The number of aryl methyl sites for hydroxylation is 1. The SMILES string of the molecule is CNc1cc(NC2CCS(=O)CC2)nc(C)n1. The van der Waals surface area contributed by atoms with Gasteiger partial charge in [0.15, 0.2) is 0 Å². The van der Waals surface area contributed by atoms with Crippen molar-refractivity contribution in [3.05, 3.63) is 11.9 Å². The summed E-state index contributed by atoms with van der Waals surface area (Å²) in [5, 5.41) is 6.40. The third kappa shape index (κ3) is 3.39. The highest BCUT2D eigenvalue weighted by atomic mass is 32.2. The minimum Gasteiger partial charge on any atom is -0.373 e. The number of nitrogens with one attached hydrogen (secondary N) is 2. The zero-order valence-electron chi connectivity index (χ0n) is 10.2. The van der Waals surface area contributed by atoms with E-state index in [9.17, 15) is 4.21 Å². The minimum atomic E-state index is -0.614. The van der Waals surface area contributed by atoms with E-state index in [0.29, 0.717) is 6.04 Å². The van der Waals surface area contributed by atoms with Crippen molar-refractivity contribution in [1.82, 2.24) is 9.97 Å². The second-order valence-electron chi connectivity index (χ2n) is 4.20. The third-order valence-electron chi connectivity index (χ3n) is 2.83. The van der Waals surface area contributed by atoms with Crippen LogP contribution in [-0.2, 0) is 10.8 Å². The Balaban J connectivity index is 2.02. The molecule has 94 valence electrons. The average Bonchev–Trinajstić information content (AvgIpc) is 2.31. The van der Waals surface area contributed by atoms with Crippen LogP contribution in [0.25, 0.3) is 0 Å². The molecule has 6 heteroatoms. The number of aromatic nitrogens is 2. The molecule has 0 bridgehead atoms. The second-order valence-corrected chi connectivity index (χ2v) is 5.90. The molecule has 1 aromatic rings. The molecule has 2 rings (SSSR count). The monoisotopic (exact) mass is 254 g/mol. The smallest absolute Gasteiger partial charge is 0.132 e. The van der Waals surface area contributed by atoms with Gasteiger partial charge in [-0.3, -0.25) is 4.21 Å². The maximum atomic E-state index is 11.3. The molecule has 0 saturated carbocycles. The number of nitrogens with zero attached hydrogens (tertiary/aromatic N) is 2. The summed E-state index contributed by atoms with van der Waals surface area (Å²) in [4.78, 5) is 8.60. The molecule has 0 atom stereocenters. The van der Waals surface area contributed by atoms with Gasteiger partial charge in [0.1, 0.15) is 17.5 Å². The summed E-state index contributed by atoms with van der Waals surface area (Å²) in [6.45, 7) is 1.88. The molecule has 0 spiro atoms. The maximum Gasteiger partial charge on any atom is 0.132 e. The Morgan fingerprint density at radius 3 is 2.59 bits per heavy atom. The Morgan fingerprint density at radius 2 is 1.94 bits per heavy atom. The summed E-state index contributed by atoms with van der Waals surface area (Å²) in [5.74, 6) is 4.00. The highest BCUT2D eigenvalue weighted by molar-refractivity contribution is 7.85. The Morgan fingerprint density at radius 1 is 1.29 bits per heavy atom. The molecule has 1 aromatic heterocycles. The van der Waals surface area contributed by atoms with Crippen LogP contribution in [0.3, 0.4) is 0 Å². The van der Waals surface area contributed by atoms with E-state index in [1.165, 1.54) is 0 Å². The summed E-state index contributed by atoms with van der Waals surface area (Å²) in [6.07, 6.45) is 1.90. The maximum absolute atomic E-state index is 11.3. The Kier molecular flexibility index (Phi) is 3.93. The van der Waals surface area contributed by atoms with Crippen LogP contribution in [0.15, 0.2) is 6.07 Å². The summed E-state index contributed by atoms with van der Waals surface area (Å²) in [5.41, 5.74) is 0. The van der Waals surface area contributed by atoms with E-state index in [-0.39, 0.29) is 0 Å². The van der Waals surface area contributed by atoms with E-state index in [2.05, 4.69) is 20.6 Å². The normalized spacial score (nSPS) is 24.4. The molecular formula is C11H18N4OS. The molecule has 0 unspecified atom stereocenters. The predicted molar refractivity (Wildman–Crippen MR) is 70.8 cm³/mol. The van der Waals surface area contributed by atoms with Crippen LogP contribution in [0.2, 0.25) is 0 Å². The molecule has 17 heavy (non-hydrogen) atoms. The Hall–Kier alpha value is -1.17. The van der Waals surface area contributed by atoms with Gasteiger partial charge in [0.25, 0.3) is 0 Å². The van der Waals surface area contributed by atoms with Crippen LogP contribution in [0.5, 0.6) is 0 Å². The fourth-order valence-corrected chi connectivity index (χ4v) is 3.22. The summed E-state index contributed by atoms with van der Waals surface area (Å²) < 4.78 is 11.3. The van der Waals surface area contributed by atoms with Gasteiger partial charge in [0.2, 0.25) is 0 Å². The van der Waals surface area contributed by atoms with Crippen molar-refractivity contribution in [3.8, 4) is 0 Å². The lowest BCUT2D eigenvalue weighted by atomic mass is 10.1. The fraction of sp³-hybridized carbons (Fsp3) is 0.636. The highest BCUT2D eigenvalue weighted by Crippen LogP contribution is 2.16. The zero-order chi connectivity index (χ0) is 12.3. The van der Waals surface area contributed by atoms with Crippen LogP contribution < -0.4 is 10.6 Å². The minimum absolute atomic E-state index is 0.381. The number of hydrogen-bond donors (Lipinski definition) is 2. The first-order valence-electron chi connectivity index (χ1n) is 5.82. The van der Waals surface area contributed by atoms with Gasteiger partial charge in [-0.25, -0.2) is 9.97 Å². The highest BCUT2D eigenvalue weighted by Gasteiger charge is 2.18. The zero-order valence-corrected chi connectivity index (χ0v) is 11.0. The van der Waals surface area contributed by atoms with Crippen molar-refractivity contribution in [1.29, 1.82) is 0 Å². The van der Waals surface area contributed by atoms with Gasteiger partial charge in [-0.05, 0) is 19.8 Å². The third-order valence-corrected chi connectivity index (χ3v) is 4.22. The average molecular weight is 254 g/mol. The number of hydrogen-bond acceptors (Lipinski definition) is 5. The van der Waals surface area contributed by atoms with E-state index >= 15 is 0 Å². The van der Waals surface area contributed by atoms with Crippen molar-refractivity contribution in [2.45, 2.75) is 25.8 Å². The van der Waals surface area contributed by atoms with Gasteiger partial charge in [0, 0.05) is 41.5 Å². The molecule has 1 saturated heterocycles. The second kappa shape index (κ2) is 5.44. The number of rotatable bonds is 3. The summed E-state index contributed by atoms with van der Waals surface area (Å²) >= 11 is 0. The molecule has 0 radical (unpaired) electrons. The van der Waals surface area contributed by atoms with Crippen LogP contribution in [0.1, 0.15) is 18.7 Å². The van der Waals surface area contributed by atoms with E-state index < -0.39 is 10.8 Å². The topological polar surface area (TPSA) is 66.9 Å². The van der Waals surface area contributed by atoms with E-state index in [1.54, 1.807) is 0 Å². The van der Waals surface area contributed by atoms with E-state index in [1.807, 2.05) is 20.0 Å². The first-order valence-corrected chi connectivity index (χ1v) is 7.31. The lowest BCUT2D eigenvalue weighted by molar-refractivity contribution is 0.622. The van der Waals surface area contributed by atoms with Crippen molar-refractivity contribution in [2.24, 2.45) is 0 Å². The van der Waals surface area contributed by atoms with Gasteiger partial charge >= 0.3 is 0 Å². The van der Waals surface area contributed by atoms with Crippen molar-refractivity contribution < 1.29 is 4.21 Å². The van der Waals surface area contributed by atoms with E-state index in [4.69, 9.17) is 0 Å². The summed E-state index contributed by atoms with van der Waals surface area (Å²) in [6, 6.07) is 2.28. The molecule has 2 heterocycles. The van der Waals surface area contributed by atoms with E-state index in [0.717, 1.165) is 41.8 Å². The number of anilines is 2. The fourth-order valence-electron chi connectivity index (χ4n) is 1.92. The molecule has 0 aliphatic carbocycles. The standard InChI is InChI=1S/C11H18N4OS/c1-8-13-10(12-2)7-11(14-8)15-9-3-5-17(16)6-4-9/h7,9H,3-6H2,1-2H3,(H2,12,13,14,15). The van der Waals surface area contributed by atoms with Gasteiger partial charge in [-0.15, -0.1) is 0 Å². The van der Waals surface area contributed by atoms with Crippen molar-refractivity contribution in [3.63, 3.8) is 0 Å². The molecule has 0 aromatic carbocycles. The van der Waals surface area contributed by atoms with Gasteiger partial charge in [0.05, 0.1) is 0 Å². The van der Waals surface area contributed by atoms with Crippen molar-refractivity contribution >= 4 is 22.4 Å². The first kappa shape index (κ1) is 12.3. The quantitative estimate of drug-likeness (QED) is 0.847. The largest absolute Gasteiger partial charge is 0.373 e. The lowest BCUT2D eigenvalue weighted by Gasteiger charge is -2.23. The molecule has 1 fully saturated rings. The van der Waals surface area contributed by atoms with Crippen LogP contribution in [0, 0.1) is 6.92 Å². The van der Waals surface area contributed by atoms with Gasteiger partial charge in [-0.2, -0.15) is 0 Å². The molecular weight excluding hydrogens is 236 g/mol. The molecule has 5 nitrogen and oxygen atoms in total. The van der Waals surface area contributed by atoms with Crippen molar-refractivity contribution in [2.75, 3.05) is 29.2 Å². The lowest BCUT2D eigenvalue weighted by Crippen LogP contribution is -2.29. The van der Waals surface area contributed by atoms with Gasteiger partial charge < -0.3 is 10.6 Å².